The summed E-state index contributed by atoms with van der Waals surface area (Å²) >= 11 is 0. The first-order chi connectivity index (χ1) is 10.9. The number of aromatic nitrogens is 3. The molecule has 1 atom stereocenters. The van der Waals surface area contributed by atoms with Gasteiger partial charge in [-0.25, -0.2) is 8.42 Å². The summed E-state index contributed by atoms with van der Waals surface area (Å²) in [5, 5.41) is 7.63. The lowest BCUT2D eigenvalue weighted by Gasteiger charge is -2.15. The number of hydrogen-bond donors (Lipinski definition) is 0. The minimum atomic E-state index is -3.63. The van der Waals surface area contributed by atoms with Gasteiger partial charge in [0, 0.05) is 26.1 Å². The van der Waals surface area contributed by atoms with Gasteiger partial charge in [0.25, 0.3) is 5.89 Å². The summed E-state index contributed by atoms with van der Waals surface area (Å²) in [5.41, 5.74) is 0.368. The third kappa shape index (κ3) is 2.89. The maximum atomic E-state index is 12.8. The molecule has 126 valence electrons. The van der Waals surface area contributed by atoms with E-state index in [0.29, 0.717) is 42.7 Å². The Kier molecular flexibility index (Phi) is 4.21. The molecule has 1 saturated heterocycles. The Balaban J connectivity index is 1.79. The maximum absolute atomic E-state index is 12.8. The molecule has 1 fully saturated rings. The van der Waals surface area contributed by atoms with Crippen LogP contribution in [0, 0.1) is 13.8 Å². The topological polar surface area (TPSA) is 112 Å². The van der Waals surface area contributed by atoms with Crippen molar-refractivity contribution in [3.8, 4) is 0 Å². The molecule has 1 unspecified atom stereocenters. The highest BCUT2D eigenvalue weighted by atomic mass is 32.2. The first-order valence-corrected chi connectivity index (χ1v) is 8.62. The summed E-state index contributed by atoms with van der Waals surface area (Å²) in [6, 6.07) is 0. The van der Waals surface area contributed by atoms with Gasteiger partial charge in [0.15, 0.2) is 11.6 Å². The van der Waals surface area contributed by atoms with Crippen molar-refractivity contribution >= 4 is 10.0 Å². The molecular formula is C13H18N4O5S. The van der Waals surface area contributed by atoms with Crippen molar-refractivity contribution in [2.24, 2.45) is 0 Å². The predicted molar refractivity (Wildman–Crippen MR) is 77.1 cm³/mol. The molecular weight excluding hydrogens is 324 g/mol. The van der Waals surface area contributed by atoms with Crippen molar-refractivity contribution < 1.29 is 22.2 Å². The third-order valence-electron chi connectivity index (χ3n) is 3.83. The van der Waals surface area contributed by atoms with Crippen LogP contribution in [0.15, 0.2) is 13.9 Å². The van der Waals surface area contributed by atoms with E-state index in [0.717, 1.165) is 0 Å². The summed E-state index contributed by atoms with van der Waals surface area (Å²) < 4.78 is 41.9. The highest BCUT2D eigenvalue weighted by Crippen LogP contribution is 2.31. The zero-order valence-corrected chi connectivity index (χ0v) is 14.0. The molecule has 0 bridgehead atoms. The Morgan fingerprint density at radius 1 is 1.30 bits per heavy atom. The quantitative estimate of drug-likeness (QED) is 0.791. The van der Waals surface area contributed by atoms with Gasteiger partial charge in [-0.3, -0.25) is 0 Å². The minimum absolute atomic E-state index is 0.0976. The zero-order chi connectivity index (χ0) is 16.6. The van der Waals surface area contributed by atoms with Crippen molar-refractivity contribution in [2.75, 3.05) is 20.2 Å². The van der Waals surface area contributed by atoms with Crippen molar-refractivity contribution in [2.45, 2.75) is 37.7 Å². The molecule has 2 aromatic heterocycles. The van der Waals surface area contributed by atoms with Gasteiger partial charge in [0.2, 0.25) is 10.0 Å². The zero-order valence-electron chi connectivity index (χ0n) is 13.1. The third-order valence-corrected chi connectivity index (χ3v) is 5.94. The molecule has 0 aromatic carbocycles. The second-order valence-electron chi connectivity index (χ2n) is 5.48. The summed E-state index contributed by atoms with van der Waals surface area (Å²) in [5.74, 6) is 1.09. The van der Waals surface area contributed by atoms with E-state index in [9.17, 15) is 8.42 Å². The second kappa shape index (κ2) is 6.02. The van der Waals surface area contributed by atoms with Crippen LogP contribution in [-0.2, 0) is 21.4 Å². The second-order valence-corrected chi connectivity index (χ2v) is 7.36. The molecule has 3 rings (SSSR count). The number of aryl methyl sites for hydroxylation is 2. The van der Waals surface area contributed by atoms with E-state index in [1.165, 1.54) is 11.4 Å². The average Bonchev–Trinajstić information content (AvgIpc) is 3.19. The lowest BCUT2D eigenvalue weighted by Crippen LogP contribution is -2.29. The highest BCUT2D eigenvalue weighted by Gasteiger charge is 2.38. The monoisotopic (exact) mass is 342 g/mol. The van der Waals surface area contributed by atoms with E-state index in [1.807, 2.05) is 0 Å². The Morgan fingerprint density at radius 2 is 2.09 bits per heavy atom. The number of ether oxygens (including phenoxy) is 1. The van der Waals surface area contributed by atoms with E-state index in [2.05, 4.69) is 15.3 Å². The van der Waals surface area contributed by atoms with E-state index < -0.39 is 10.0 Å². The van der Waals surface area contributed by atoms with Gasteiger partial charge < -0.3 is 13.8 Å². The fourth-order valence-electron chi connectivity index (χ4n) is 2.75. The number of hydrogen-bond acceptors (Lipinski definition) is 8. The van der Waals surface area contributed by atoms with Crippen LogP contribution in [-0.4, -0.2) is 48.2 Å². The molecule has 0 radical (unpaired) electrons. The minimum Gasteiger partial charge on any atom is -0.375 e. The van der Waals surface area contributed by atoms with E-state index in [4.69, 9.17) is 13.8 Å². The molecule has 0 N–H and O–H groups in total. The predicted octanol–water partition coefficient (Wildman–Crippen LogP) is 0.999. The van der Waals surface area contributed by atoms with Gasteiger partial charge in [0.05, 0.1) is 0 Å². The normalized spacial score (nSPS) is 19.5. The molecule has 1 aliphatic rings. The van der Waals surface area contributed by atoms with Crippen molar-refractivity contribution in [3.63, 3.8) is 0 Å². The van der Waals surface area contributed by atoms with Gasteiger partial charge in [-0.15, -0.1) is 0 Å². The molecule has 0 saturated carbocycles. The summed E-state index contributed by atoms with van der Waals surface area (Å²) in [4.78, 5) is 4.39. The summed E-state index contributed by atoms with van der Waals surface area (Å²) in [7, 11) is -2.10. The van der Waals surface area contributed by atoms with Crippen molar-refractivity contribution in [3.05, 3.63) is 23.2 Å². The fraction of sp³-hybridized carbons (Fsp3) is 0.615. The Bertz CT molecular complexity index is 778. The maximum Gasteiger partial charge on any atom is 0.252 e. The Morgan fingerprint density at radius 3 is 2.74 bits per heavy atom. The summed E-state index contributed by atoms with van der Waals surface area (Å²) in [6.45, 7) is 4.15. The van der Waals surface area contributed by atoms with Crippen LogP contribution in [0.1, 0.15) is 35.5 Å². The van der Waals surface area contributed by atoms with E-state index in [-0.39, 0.29) is 17.4 Å². The first kappa shape index (κ1) is 16.1. The molecule has 1 aliphatic heterocycles. The largest absolute Gasteiger partial charge is 0.375 e. The van der Waals surface area contributed by atoms with Crippen LogP contribution < -0.4 is 0 Å². The lowest BCUT2D eigenvalue weighted by molar-refractivity contribution is 0.151. The van der Waals surface area contributed by atoms with Gasteiger partial charge in [-0.05, 0) is 20.3 Å². The summed E-state index contributed by atoms with van der Waals surface area (Å²) in [6.07, 6.45) is 0.633. The molecule has 0 amide bonds. The molecule has 2 aromatic rings. The van der Waals surface area contributed by atoms with Crippen LogP contribution in [0.2, 0.25) is 0 Å². The van der Waals surface area contributed by atoms with Crippen molar-refractivity contribution in [1.29, 1.82) is 0 Å². The smallest absolute Gasteiger partial charge is 0.252 e. The van der Waals surface area contributed by atoms with Crippen LogP contribution >= 0.6 is 0 Å². The standard InChI is InChI=1S/C13H18N4O5S/c1-8-12(9(2)21-15-8)23(18,19)17-5-4-10(6-17)13-14-11(7-20-3)22-16-13/h10H,4-7H2,1-3H3. The van der Waals surface area contributed by atoms with Gasteiger partial charge >= 0.3 is 0 Å². The lowest BCUT2D eigenvalue weighted by atomic mass is 10.1. The Hall–Kier alpha value is -1.78. The van der Waals surface area contributed by atoms with Gasteiger partial charge in [-0.1, -0.05) is 10.3 Å². The fourth-order valence-corrected chi connectivity index (χ4v) is 4.54. The van der Waals surface area contributed by atoms with Crippen LogP contribution in [0.5, 0.6) is 0 Å². The van der Waals surface area contributed by atoms with Crippen molar-refractivity contribution in [1.82, 2.24) is 19.6 Å². The number of methoxy groups -OCH3 is 1. The van der Waals surface area contributed by atoms with Gasteiger partial charge in [-0.2, -0.15) is 9.29 Å². The number of rotatable bonds is 5. The molecule has 23 heavy (non-hydrogen) atoms. The highest BCUT2D eigenvalue weighted by molar-refractivity contribution is 7.89. The van der Waals surface area contributed by atoms with E-state index >= 15 is 0 Å². The molecule has 0 aliphatic carbocycles. The van der Waals surface area contributed by atoms with Crippen LogP contribution in [0.25, 0.3) is 0 Å². The molecule has 3 heterocycles. The Labute approximate surface area is 133 Å². The number of sulfonamides is 1. The average molecular weight is 342 g/mol. The molecule has 9 nitrogen and oxygen atoms in total. The molecule has 10 heteroatoms. The van der Waals surface area contributed by atoms with E-state index in [1.54, 1.807) is 13.8 Å². The van der Waals surface area contributed by atoms with Crippen LogP contribution in [0.4, 0.5) is 0 Å². The molecule has 0 spiro atoms. The first-order valence-electron chi connectivity index (χ1n) is 7.18. The van der Waals surface area contributed by atoms with Crippen LogP contribution in [0.3, 0.4) is 0 Å². The number of nitrogens with zero attached hydrogens (tertiary/aromatic N) is 4. The van der Waals surface area contributed by atoms with Gasteiger partial charge in [0.1, 0.15) is 17.2 Å². The SMILES string of the molecule is COCc1nc(C2CCN(S(=O)(=O)c3c(C)noc3C)C2)no1.